The van der Waals surface area contributed by atoms with Gasteiger partial charge in [0.1, 0.15) is 5.82 Å². The normalized spacial score (nSPS) is 26.2. The van der Waals surface area contributed by atoms with Crippen LogP contribution in [0.5, 0.6) is 0 Å². The van der Waals surface area contributed by atoms with Gasteiger partial charge in [0.2, 0.25) is 0 Å². The summed E-state index contributed by atoms with van der Waals surface area (Å²) in [7, 11) is 0. The minimum Gasteiger partial charge on any atom is -0.330 e. The lowest BCUT2D eigenvalue weighted by atomic mass is 10.1. The number of rotatable bonds is 3. The van der Waals surface area contributed by atoms with E-state index in [9.17, 15) is 4.39 Å². The van der Waals surface area contributed by atoms with Gasteiger partial charge in [-0.2, -0.15) is 0 Å². The van der Waals surface area contributed by atoms with Crippen LogP contribution in [0.3, 0.4) is 0 Å². The molecule has 1 fully saturated rings. The van der Waals surface area contributed by atoms with Crippen LogP contribution >= 0.6 is 0 Å². The molecule has 1 aliphatic heterocycles. The summed E-state index contributed by atoms with van der Waals surface area (Å²) in [5.41, 5.74) is 6.47. The molecule has 2 unspecified atom stereocenters. The minimum atomic E-state index is -0.106. The first-order chi connectivity index (χ1) is 7.70. The molecular weight excluding hydrogens is 203 g/mol. The summed E-state index contributed by atoms with van der Waals surface area (Å²) < 4.78 is 13.5. The second-order valence-electron chi connectivity index (χ2n) is 4.71. The number of hydrogen-bond donors (Lipinski definition) is 1. The molecule has 2 nitrogen and oxygen atoms in total. The molecule has 1 aromatic rings. The van der Waals surface area contributed by atoms with E-state index < -0.39 is 0 Å². The Balaban J connectivity index is 2.03. The quantitative estimate of drug-likeness (QED) is 0.847. The summed E-state index contributed by atoms with van der Waals surface area (Å²) in [6.07, 6.45) is 1.13. The molecule has 2 rings (SSSR count). The molecule has 0 bridgehead atoms. The topological polar surface area (TPSA) is 29.3 Å². The Labute approximate surface area is 96.2 Å². The van der Waals surface area contributed by atoms with E-state index in [1.807, 2.05) is 12.1 Å². The van der Waals surface area contributed by atoms with Crippen molar-refractivity contribution in [3.63, 3.8) is 0 Å². The molecule has 0 radical (unpaired) electrons. The number of hydrogen-bond acceptors (Lipinski definition) is 2. The Morgan fingerprint density at radius 2 is 2.19 bits per heavy atom. The van der Waals surface area contributed by atoms with Crippen molar-refractivity contribution in [1.82, 2.24) is 4.90 Å². The molecule has 1 saturated heterocycles. The highest BCUT2D eigenvalue weighted by Crippen LogP contribution is 2.24. The van der Waals surface area contributed by atoms with Crippen molar-refractivity contribution in [2.24, 2.45) is 11.7 Å². The number of nitrogens with zero attached hydrogens (tertiary/aromatic N) is 1. The van der Waals surface area contributed by atoms with Crippen molar-refractivity contribution >= 4 is 0 Å². The summed E-state index contributed by atoms with van der Waals surface area (Å²) in [5, 5.41) is 0. The summed E-state index contributed by atoms with van der Waals surface area (Å²) in [5.74, 6) is 0.465. The Hall–Kier alpha value is -0.930. The molecule has 2 N–H and O–H groups in total. The van der Waals surface area contributed by atoms with Crippen molar-refractivity contribution in [3.05, 3.63) is 35.6 Å². The molecule has 0 saturated carbocycles. The fourth-order valence-electron chi connectivity index (χ4n) is 2.45. The molecule has 1 aromatic carbocycles. The smallest absolute Gasteiger partial charge is 0.127 e. The first-order valence-electron chi connectivity index (χ1n) is 5.88. The highest BCUT2D eigenvalue weighted by Gasteiger charge is 2.28. The average molecular weight is 222 g/mol. The summed E-state index contributed by atoms with van der Waals surface area (Å²) in [4.78, 5) is 2.32. The first kappa shape index (κ1) is 11.6. The van der Waals surface area contributed by atoms with Crippen LogP contribution in [0, 0.1) is 11.7 Å². The summed E-state index contributed by atoms with van der Waals surface area (Å²) in [6.45, 7) is 4.62. The molecule has 16 heavy (non-hydrogen) atoms. The van der Waals surface area contributed by atoms with E-state index in [4.69, 9.17) is 5.73 Å². The fraction of sp³-hybridized carbons (Fsp3) is 0.538. The van der Waals surface area contributed by atoms with E-state index >= 15 is 0 Å². The van der Waals surface area contributed by atoms with Crippen LogP contribution in [0.4, 0.5) is 4.39 Å². The predicted octanol–water partition coefficient (Wildman–Crippen LogP) is 1.99. The zero-order valence-electron chi connectivity index (χ0n) is 9.70. The molecule has 2 atom stereocenters. The van der Waals surface area contributed by atoms with E-state index in [1.165, 1.54) is 6.07 Å². The maximum absolute atomic E-state index is 13.5. The Kier molecular flexibility index (Phi) is 3.56. The van der Waals surface area contributed by atoms with E-state index in [1.54, 1.807) is 6.07 Å². The van der Waals surface area contributed by atoms with Gasteiger partial charge in [0.15, 0.2) is 0 Å². The Morgan fingerprint density at radius 3 is 2.81 bits per heavy atom. The highest BCUT2D eigenvalue weighted by atomic mass is 19.1. The molecule has 1 aliphatic rings. The molecular formula is C13H19FN2. The second kappa shape index (κ2) is 4.93. The molecule has 88 valence electrons. The van der Waals surface area contributed by atoms with Crippen LogP contribution in [0.2, 0.25) is 0 Å². The Bertz CT molecular complexity index is 354. The standard InChI is InChI=1S/C13H19FN2/c1-10-6-11(7-15)8-16(10)9-12-4-2-3-5-13(12)14/h2-5,10-11H,6-9,15H2,1H3. The van der Waals surface area contributed by atoms with Crippen LogP contribution in [-0.4, -0.2) is 24.0 Å². The molecule has 0 aliphatic carbocycles. The van der Waals surface area contributed by atoms with E-state index in [0.29, 0.717) is 18.5 Å². The summed E-state index contributed by atoms with van der Waals surface area (Å²) >= 11 is 0. The monoisotopic (exact) mass is 222 g/mol. The lowest BCUT2D eigenvalue weighted by Gasteiger charge is -2.21. The van der Waals surface area contributed by atoms with E-state index in [2.05, 4.69) is 11.8 Å². The maximum Gasteiger partial charge on any atom is 0.127 e. The van der Waals surface area contributed by atoms with Gasteiger partial charge >= 0.3 is 0 Å². The average Bonchev–Trinajstić information content (AvgIpc) is 2.63. The number of halogens is 1. The number of nitrogens with two attached hydrogens (primary N) is 1. The van der Waals surface area contributed by atoms with E-state index in [-0.39, 0.29) is 5.82 Å². The van der Waals surface area contributed by atoms with Crippen molar-refractivity contribution < 1.29 is 4.39 Å². The van der Waals surface area contributed by atoms with Crippen molar-refractivity contribution in [2.75, 3.05) is 13.1 Å². The molecule has 1 heterocycles. The van der Waals surface area contributed by atoms with Crippen LogP contribution in [0.25, 0.3) is 0 Å². The fourth-order valence-corrected chi connectivity index (χ4v) is 2.45. The minimum absolute atomic E-state index is 0.106. The lowest BCUT2D eigenvalue weighted by molar-refractivity contribution is 0.252. The number of benzene rings is 1. The zero-order chi connectivity index (χ0) is 11.5. The third-order valence-corrected chi connectivity index (χ3v) is 3.46. The van der Waals surface area contributed by atoms with Crippen molar-refractivity contribution in [3.8, 4) is 0 Å². The first-order valence-corrected chi connectivity index (χ1v) is 5.88. The largest absolute Gasteiger partial charge is 0.330 e. The van der Waals surface area contributed by atoms with Crippen LogP contribution in [-0.2, 0) is 6.54 Å². The molecule has 0 spiro atoms. The highest BCUT2D eigenvalue weighted by molar-refractivity contribution is 5.17. The van der Waals surface area contributed by atoms with Gasteiger partial charge in [-0.1, -0.05) is 18.2 Å². The molecule has 0 aromatic heterocycles. The molecule has 3 heteroatoms. The third-order valence-electron chi connectivity index (χ3n) is 3.46. The van der Waals surface area contributed by atoms with Gasteiger partial charge in [0.05, 0.1) is 0 Å². The van der Waals surface area contributed by atoms with Crippen LogP contribution in [0.15, 0.2) is 24.3 Å². The van der Waals surface area contributed by atoms with Crippen LogP contribution in [0.1, 0.15) is 18.9 Å². The van der Waals surface area contributed by atoms with Crippen molar-refractivity contribution in [2.45, 2.75) is 25.9 Å². The van der Waals surface area contributed by atoms with Gasteiger partial charge in [-0.25, -0.2) is 4.39 Å². The maximum atomic E-state index is 13.5. The second-order valence-corrected chi connectivity index (χ2v) is 4.71. The lowest BCUT2D eigenvalue weighted by Crippen LogP contribution is -2.27. The van der Waals surface area contributed by atoms with E-state index in [0.717, 1.165) is 25.1 Å². The zero-order valence-corrected chi connectivity index (χ0v) is 9.70. The Morgan fingerprint density at radius 1 is 1.44 bits per heavy atom. The van der Waals surface area contributed by atoms with Crippen molar-refractivity contribution in [1.29, 1.82) is 0 Å². The molecule has 0 amide bonds. The summed E-state index contributed by atoms with van der Waals surface area (Å²) in [6, 6.07) is 7.51. The van der Waals surface area contributed by atoms with Gasteiger partial charge in [-0.3, -0.25) is 4.90 Å². The SMILES string of the molecule is CC1CC(CN)CN1Cc1ccccc1F. The third kappa shape index (κ3) is 2.42. The van der Waals surface area contributed by atoms with Crippen LogP contribution < -0.4 is 5.73 Å². The predicted molar refractivity (Wildman–Crippen MR) is 63.4 cm³/mol. The van der Waals surface area contributed by atoms with Gasteiger partial charge in [0, 0.05) is 24.7 Å². The van der Waals surface area contributed by atoms with Gasteiger partial charge < -0.3 is 5.73 Å². The number of likely N-dealkylation sites (tertiary alicyclic amines) is 1. The van der Waals surface area contributed by atoms with Gasteiger partial charge in [-0.15, -0.1) is 0 Å². The van der Waals surface area contributed by atoms with Gasteiger partial charge in [0.25, 0.3) is 0 Å². The van der Waals surface area contributed by atoms with Gasteiger partial charge in [-0.05, 0) is 31.9 Å².